The molecule has 0 aromatic carbocycles. The third-order valence-corrected chi connectivity index (χ3v) is 2.49. The molecule has 0 heterocycles. The molecule has 0 saturated heterocycles. The summed E-state index contributed by atoms with van der Waals surface area (Å²) in [5, 5.41) is 0. The summed E-state index contributed by atoms with van der Waals surface area (Å²) in [5.74, 6) is 0. The Balaban J connectivity index is 2.33. The Kier molecular flexibility index (Phi) is 3.87. The van der Waals surface area contributed by atoms with E-state index in [1.54, 1.807) is 14.2 Å². The van der Waals surface area contributed by atoms with Gasteiger partial charge in [0.05, 0.1) is 12.2 Å². The minimum atomic E-state index is 0.433. The van der Waals surface area contributed by atoms with Crippen molar-refractivity contribution in [3.05, 3.63) is 0 Å². The zero-order chi connectivity index (χ0) is 8.10. The number of methoxy groups -OCH3 is 2. The van der Waals surface area contributed by atoms with Crippen LogP contribution in [0.1, 0.15) is 32.1 Å². The molecular weight excluding hydrogens is 140 g/mol. The maximum Gasteiger partial charge on any atom is 0.0596 e. The molecular formula is C9H18O2. The fourth-order valence-corrected chi connectivity index (χ4v) is 1.70. The predicted molar refractivity (Wildman–Crippen MR) is 44.7 cm³/mol. The number of hydrogen-bond acceptors (Lipinski definition) is 2. The normalized spacial score (nSPS) is 33.3. The molecule has 1 saturated carbocycles. The van der Waals surface area contributed by atoms with Crippen LogP contribution in [0.2, 0.25) is 0 Å². The standard InChI is InChI=1S/C9H18O2/c1-10-8-5-3-4-6-9(7-8)11-2/h8-9H,3-7H2,1-2H3/t8-,9-/m0/s1. The van der Waals surface area contributed by atoms with Gasteiger partial charge in [-0.25, -0.2) is 0 Å². The van der Waals surface area contributed by atoms with Crippen molar-refractivity contribution in [2.75, 3.05) is 14.2 Å². The molecule has 0 amide bonds. The topological polar surface area (TPSA) is 18.5 Å². The Morgan fingerprint density at radius 1 is 0.909 bits per heavy atom. The lowest BCUT2D eigenvalue weighted by Crippen LogP contribution is -2.18. The van der Waals surface area contributed by atoms with Crippen LogP contribution in [0.3, 0.4) is 0 Å². The summed E-state index contributed by atoms with van der Waals surface area (Å²) in [7, 11) is 3.59. The smallest absolute Gasteiger partial charge is 0.0596 e. The van der Waals surface area contributed by atoms with Crippen LogP contribution in [0.25, 0.3) is 0 Å². The Labute approximate surface area is 68.9 Å². The lowest BCUT2D eigenvalue weighted by atomic mass is 10.1. The van der Waals surface area contributed by atoms with Gasteiger partial charge in [-0.15, -0.1) is 0 Å². The van der Waals surface area contributed by atoms with Gasteiger partial charge in [-0.1, -0.05) is 12.8 Å². The maximum atomic E-state index is 5.32. The summed E-state index contributed by atoms with van der Waals surface area (Å²) >= 11 is 0. The van der Waals surface area contributed by atoms with Crippen molar-refractivity contribution >= 4 is 0 Å². The van der Waals surface area contributed by atoms with E-state index in [0.29, 0.717) is 12.2 Å². The van der Waals surface area contributed by atoms with E-state index >= 15 is 0 Å². The first kappa shape index (κ1) is 9.01. The Bertz CT molecular complexity index is 91.7. The van der Waals surface area contributed by atoms with Crippen molar-refractivity contribution in [2.45, 2.75) is 44.3 Å². The molecule has 1 aliphatic rings. The zero-order valence-corrected chi connectivity index (χ0v) is 7.51. The number of rotatable bonds is 2. The van der Waals surface area contributed by atoms with Crippen LogP contribution in [-0.4, -0.2) is 26.4 Å². The van der Waals surface area contributed by atoms with Gasteiger partial charge < -0.3 is 9.47 Å². The molecule has 0 unspecified atom stereocenters. The predicted octanol–water partition coefficient (Wildman–Crippen LogP) is 1.98. The third kappa shape index (κ3) is 2.80. The summed E-state index contributed by atoms with van der Waals surface area (Å²) in [5.41, 5.74) is 0. The quantitative estimate of drug-likeness (QED) is 0.572. The first-order chi connectivity index (χ1) is 5.36. The molecule has 0 radical (unpaired) electrons. The number of hydrogen-bond donors (Lipinski definition) is 0. The maximum absolute atomic E-state index is 5.32. The monoisotopic (exact) mass is 158 g/mol. The van der Waals surface area contributed by atoms with E-state index < -0.39 is 0 Å². The second kappa shape index (κ2) is 4.73. The highest BCUT2D eigenvalue weighted by atomic mass is 16.5. The van der Waals surface area contributed by atoms with Gasteiger partial charge in [0.2, 0.25) is 0 Å². The van der Waals surface area contributed by atoms with Crippen molar-refractivity contribution in [3.63, 3.8) is 0 Å². The van der Waals surface area contributed by atoms with E-state index in [0.717, 1.165) is 6.42 Å². The van der Waals surface area contributed by atoms with Gasteiger partial charge in [0.15, 0.2) is 0 Å². The molecule has 66 valence electrons. The van der Waals surface area contributed by atoms with Gasteiger partial charge in [0, 0.05) is 14.2 Å². The molecule has 11 heavy (non-hydrogen) atoms. The molecule has 1 rings (SSSR count). The zero-order valence-electron chi connectivity index (χ0n) is 7.51. The lowest BCUT2D eigenvalue weighted by molar-refractivity contribution is 0.0261. The minimum Gasteiger partial charge on any atom is -0.381 e. The molecule has 0 aromatic rings. The molecule has 0 aliphatic heterocycles. The van der Waals surface area contributed by atoms with Gasteiger partial charge >= 0.3 is 0 Å². The van der Waals surface area contributed by atoms with Gasteiger partial charge in [0.1, 0.15) is 0 Å². The Morgan fingerprint density at radius 2 is 1.36 bits per heavy atom. The van der Waals surface area contributed by atoms with Crippen molar-refractivity contribution in [1.29, 1.82) is 0 Å². The highest BCUT2D eigenvalue weighted by Gasteiger charge is 2.18. The summed E-state index contributed by atoms with van der Waals surface area (Å²) in [4.78, 5) is 0. The Morgan fingerprint density at radius 3 is 1.73 bits per heavy atom. The summed E-state index contributed by atoms with van der Waals surface area (Å²) in [6.07, 6.45) is 6.93. The fourth-order valence-electron chi connectivity index (χ4n) is 1.70. The first-order valence-electron chi connectivity index (χ1n) is 4.42. The second-order valence-electron chi connectivity index (χ2n) is 3.24. The summed E-state index contributed by atoms with van der Waals surface area (Å²) in [6, 6.07) is 0. The second-order valence-corrected chi connectivity index (χ2v) is 3.24. The van der Waals surface area contributed by atoms with Crippen LogP contribution < -0.4 is 0 Å². The van der Waals surface area contributed by atoms with Gasteiger partial charge in [-0.05, 0) is 19.3 Å². The SMILES string of the molecule is CO[C@H]1CCCC[C@H](OC)C1. The summed E-state index contributed by atoms with van der Waals surface area (Å²) < 4.78 is 10.6. The minimum absolute atomic E-state index is 0.433. The van der Waals surface area contributed by atoms with E-state index in [1.165, 1.54) is 25.7 Å². The lowest BCUT2D eigenvalue weighted by Gasteiger charge is -2.16. The average molecular weight is 158 g/mol. The van der Waals surface area contributed by atoms with Crippen molar-refractivity contribution < 1.29 is 9.47 Å². The van der Waals surface area contributed by atoms with E-state index in [9.17, 15) is 0 Å². The largest absolute Gasteiger partial charge is 0.381 e. The van der Waals surface area contributed by atoms with E-state index in [-0.39, 0.29) is 0 Å². The van der Waals surface area contributed by atoms with Crippen LogP contribution in [0, 0.1) is 0 Å². The van der Waals surface area contributed by atoms with E-state index in [2.05, 4.69) is 0 Å². The van der Waals surface area contributed by atoms with Gasteiger partial charge in [-0.2, -0.15) is 0 Å². The van der Waals surface area contributed by atoms with E-state index in [4.69, 9.17) is 9.47 Å². The molecule has 0 aromatic heterocycles. The van der Waals surface area contributed by atoms with Gasteiger partial charge in [0.25, 0.3) is 0 Å². The molecule has 1 aliphatic carbocycles. The van der Waals surface area contributed by atoms with E-state index in [1.807, 2.05) is 0 Å². The van der Waals surface area contributed by atoms with Crippen molar-refractivity contribution in [3.8, 4) is 0 Å². The highest BCUT2D eigenvalue weighted by molar-refractivity contribution is 4.70. The van der Waals surface area contributed by atoms with Crippen LogP contribution in [0.5, 0.6) is 0 Å². The fraction of sp³-hybridized carbons (Fsp3) is 1.00. The van der Waals surface area contributed by atoms with Crippen LogP contribution in [0.4, 0.5) is 0 Å². The Hall–Kier alpha value is -0.0800. The number of ether oxygens (including phenoxy) is 2. The van der Waals surface area contributed by atoms with Gasteiger partial charge in [-0.3, -0.25) is 0 Å². The third-order valence-electron chi connectivity index (χ3n) is 2.49. The molecule has 2 nitrogen and oxygen atoms in total. The van der Waals surface area contributed by atoms with Crippen molar-refractivity contribution in [2.24, 2.45) is 0 Å². The highest BCUT2D eigenvalue weighted by Crippen LogP contribution is 2.21. The molecule has 2 atom stereocenters. The van der Waals surface area contributed by atoms with Crippen LogP contribution >= 0.6 is 0 Å². The molecule has 0 bridgehead atoms. The average Bonchev–Trinajstić information content (AvgIpc) is 2.28. The van der Waals surface area contributed by atoms with Crippen LogP contribution in [0.15, 0.2) is 0 Å². The molecule has 0 N–H and O–H groups in total. The molecule has 1 fully saturated rings. The van der Waals surface area contributed by atoms with Crippen LogP contribution in [-0.2, 0) is 9.47 Å². The summed E-state index contributed by atoms with van der Waals surface area (Å²) in [6.45, 7) is 0. The first-order valence-corrected chi connectivity index (χ1v) is 4.42. The van der Waals surface area contributed by atoms with Crippen molar-refractivity contribution in [1.82, 2.24) is 0 Å². The molecule has 2 heteroatoms. The molecule has 0 spiro atoms.